The summed E-state index contributed by atoms with van der Waals surface area (Å²) in [5.41, 5.74) is 1.06. The molecule has 1 N–H and O–H groups in total. The van der Waals surface area contributed by atoms with E-state index in [1.54, 1.807) is 0 Å². The number of hydrogen-bond donors (Lipinski definition) is 1. The molecule has 1 aromatic heterocycles. The van der Waals surface area contributed by atoms with Crippen LogP contribution in [0.5, 0.6) is 0 Å². The fraction of sp³-hybridized carbons (Fsp3) is 0.714. The lowest BCUT2D eigenvalue weighted by Gasteiger charge is -2.35. The van der Waals surface area contributed by atoms with Gasteiger partial charge in [0.05, 0.1) is 18.1 Å². The van der Waals surface area contributed by atoms with Crippen molar-refractivity contribution in [2.24, 2.45) is 0 Å². The molecule has 1 aliphatic rings. The van der Waals surface area contributed by atoms with Gasteiger partial charge in [0.2, 0.25) is 0 Å². The van der Waals surface area contributed by atoms with E-state index >= 15 is 0 Å². The molecule has 2 heterocycles. The zero-order valence-corrected chi connectivity index (χ0v) is 12.3. The topological polar surface area (TPSA) is 44.3 Å². The normalized spacial score (nSPS) is 20.7. The summed E-state index contributed by atoms with van der Waals surface area (Å²) < 4.78 is 0. The van der Waals surface area contributed by atoms with Crippen LogP contribution in [-0.2, 0) is 6.54 Å². The molecule has 1 atom stereocenters. The van der Waals surface area contributed by atoms with Gasteiger partial charge in [-0.3, -0.25) is 9.88 Å². The highest BCUT2D eigenvalue weighted by atomic mass is 15.2. The van der Waals surface area contributed by atoms with Crippen LogP contribution in [0.1, 0.15) is 25.5 Å². The summed E-state index contributed by atoms with van der Waals surface area (Å²) in [6.45, 7) is 6.14. The molecule has 0 radical (unpaired) electrons. The van der Waals surface area contributed by atoms with Gasteiger partial charge >= 0.3 is 0 Å². The van der Waals surface area contributed by atoms with E-state index in [1.165, 1.54) is 19.4 Å². The van der Waals surface area contributed by atoms with E-state index in [-0.39, 0.29) is 0 Å². The Morgan fingerprint density at radius 1 is 1.37 bits per heavy atom. The second-order valence-electron chi connectivity index (χ2n) is 5.42. The fourth-order valence-electron chi connectivity index (χ4n) is 2.53. The maximum absolute atomic E-state index is 4.48. The second-order valence-corrected chi connectivity index (χ2v) is 5.42. The first-order valence-corrected chi connectivity index (χ1v) is 7.12. The summed E-state index contributed by atoms with van der Waals surface area (Å²) in [5.74, 6) is 0.857. The summed E-state index contributed by atoms with van der Waals surface area (Å²) in [5, 5.41) is 3.17. The van der Waals surface area contributed by atoms with Crippen molar-refractivity contribution in [3.63, 3.8) is 0 Å². The summed E-state index contributed by atoms with van der Waals surface area (Å²) in [7, 11) is 4.33. The van der Waals surface area contributed by atoms with E-state index in [0.717, 1.165) is 31.1 Å². The summed E-state index contributed by atoms with van der Waals surface area (Å²) in [6, 6.07) is 0.669. The summed E-state index contributed by atoms with van der Waals surface area (Å²) >= 11 is 0. The Morgan fingerprint density at radius 2 is 2.21 bits per heavy atom. The molecule has 1 unspecified atom stereocenters. The Morgan fingerprint density at radius 3 is 2.84 bits per heavy atom. The maximum Gasteiger partial charge on any atom is 0.144 e. The summed E-state index contributed by atoms with van der Waals surface area (Å²) in [4.78, 5) is 13.7. The van der Waals surface area contributed by atoms with Crippen LogP contribution in [-0.4, -0.2) is 59.5 Å². The van der Waals surface area contributed by atoms with Crippen LogP contribution in [0.15, 0.2) is 12.4 Å². The van der Waals surface area contributed by atoms with Crippen molar-refractivity contribution < 1.29 is 0 Å². The molecular formula is C14H25N5. The number of nitrogens with one attached hydrogen (secondary N) is 1. The quantitative estimate of drug-likeness (QED) is 0.871. The van der Waals surface area contributed by atoms with E-state index in [1.807, 2.05) is 12.4 Å². The van der Waals surface area contributed by atoms with Crippen molar-refractivity contribution in [1.82, 2.24) is 19.8 Å². The molecule has 0 bridgehead atoms. The number of likely N-dealkylation sites (N-methyl/N-ethyl adjacent to an activating group) is 1. The number of hydrogen-bond acceptors (Lipinski definition) is 5. The number of piperidine rings is 1. The molecule has 1 fully saturated rings. The molecule has 106 valence electrons. The Hall–Kier alpha value is -1.20. The van der Waals surface area contributed by atoms with Gasteiger partial charge in [0.1, 0.15) is 5.82 Å². The van der Waals surface area contributed by atoms with Crippen LogP contribution in [0.25, 0.3) is 0 Å². The Labute approximate surface area is 116 Å². The standard InChI is InChI=1S/C14H25N5/c1-4-15-14-9-16-12(8-17-14)10-19-7-5-6-13(11-19)18(2)3/h8-9,13H,4-7,10-11H2,1-3H3,(H,15,17). The first-order valence-electron chi connectivity index (χ1n) is 7.12. The van der Waals surface area contributed by atoms with Crippen LogP contribution in [0, 0.1) is 0 Å². The first kappa shape index (κ1) is 14.2. The zero-order valence-electron chi connectivity index (χ0n) is 12.3. The van der Waals surface area contributed by atoms with Crippen molar-refractivity contribution in [1.29, 1.82) is 0 Å². The number of rotatable bonds is 5. The minimum absolute atomic E-state index is 0.669. The van der Waals surface area contributed by atoms with Gasteiger partial charge in [-0.25, -0.2) is 4.98 Å². The highest BCUT2D eigenvalue weighted by molar-refractivity contribution is 5.30. The Bertz CT molecular complexity index is 376. The molecule has 0 amide bonds. The summed E-state index contributed by atoms with van der Waals surface area (Å²) in [6.07, 6.45) is 6.28. The molecule has 0 saturated carbocycles. The maximum atomic E-state index is 4.48. The third kappa shape index (κ3) is 4.14. The molecule has 5 heteroatoms. The number of aromatic nitrogens is 2. The Kier molecular flexibility index (Phi) is 5.10. The van der Waals surface area contributed by atoms with Gasteiger partial charge < -0.3 is 10.2 Å². The lowest BCUT2D eigenvalue weighted by molar-refractivity contribution is 0.127. The van der Waals surface area contributed by atoms with Gasteiger partial charge in [-0.2, -0.15) is 0 Å². The fourth-order valence-corrected chi connectivity index (χ4v) is 2.53. The Balaban J connectivity index is 1.89. The van der Waals surface area contributed by atoms with Crippen molar-refractivity contribution in [2.75, 3.05) is 39.0 Å². The minimum Gasteiger partial charge on any atom is -0.369 e. The SMILES string of the molecule is CCNc1cnc(CN2CCCC(N(C)C)C2)cn1. The third-order valence-electron chi connectivity index (χ3n) is 3.66. The second kappa shape index (κ2) is 6.82. The first-order chi connectivity index (χ1) is 9.19. The molecule has 19 heavy (non-hydrogen) atoms. The van der Waals surface area contributed by atoms with Gasteiger partial charge in [-0.1, -0.05) is 0 Å². The lowest BCUT2D eigenvalue weighted by atomic mass is 10.0. The van der Waals surface area contributed by atoms with Crippen LogP contribution in [0.3, 0.4) is 0 Å². The molecule has 1 aliphatic heterocycles. The van der Waals surface area contributed by atoms with E-state index in [9.17, 15) is 0 Å². The molecule has 0 aliphatic carbocycles. The number of nitrogens with zero attached hydrogens (tertiary/aromatic N) is 4. The molecule has 0 spiro atoms. The molecule has 0 aromatic carbocycles. The number of anilines is 1. The average Bonchev–Trinajstić information content (AvgIpc) is 2.42. The molecule has 1 saturated heterocycles. The molecule has 1 aromatic rings. The third-order valence-corrected chi connectivity index (χ3v) is 3.66. The smallest absolute Gasteiger partial charge is 0.144 e. The van der Waals surface area contributed by atoms with Crippen LogP contribution in [0.4, 0.5) is 5.82 Å². The van der Waals surface area contributed by atoms with Gasteiger partial charge in [-0.15, -0.1) is 0 Å². The molecular weight excluding hydrogens is 238 g/mol. The highest BCUT2D eigenvalue weighted by Gasteiger charge is 2.21. The monoisotopic (exact) mass is 263 g/mol. The van der Waals surface area contributed by atoms with Crippen molar-refractivity contribution in [3.8, 4) is 0 Å². The predicted octanol–water partition coefficient (Wildman–Crippen LogP) is 1.43. The zero-order chi connectivity index (χ0) is 13.7. The number of likely N-dealkylation sites (tertiary alicyclic amines) is 1. The van der Waals surface area contributed by atoms with Crippen molar-refractivity contribution >= 4 is 5.82 Å². The molecule has 5 nitrogen and oxygen atoms in total. The molecule has 2 rings (SSSR count). The van der Waals surface area contributed by atoms with E-state index in [2.05, 4.69) is 46.1 Å². The average molecular weight is 263 g/mol. The van der Waals surface area contributed by atoms with E-state index in [0.29, 0.717) is 6.04 Å². The van der Waals surface area contributed by atoms with Gasteiger partial charge in [0, 0.05) is 25.7 Å². The van der Waals surface area contributed by atoms with Crippen molar-refractivity contribution in [3.05, 3.63) is 18.1 Å². The van der Waals surface area contributed by atoms with Crippen LogP contribution < -0.4 is 5.32 Å². The van der Waals surface area contributed by atoms with Crippen LogP contribution in [0.2, 0.25) is 0 Å². The van der Waals surface area contributed by atoms with Gasteiger partial charge in [-0.05, 0) is 40.4 Å². The predicted molar refractivity (Wildman–Crippen MR) is 78.2 cm³/mol. The van der Waals surface area contributed by atoms with E-state index in [4.69, 9.17) is 0 Å². The van der Waals surface area contributed by atoms with Crippen LogP contribution >= 0.6 is 0 Å². The van der Waals surface area contributed by atoms with E-state index < -0.39 is 0 Å². The van der Waals surface area contributed by atoms with Gasteiger partial charge in [0.25, 0.3) is 0 Å². The van der Waals surface area contributed by atoms with Crippen molar-refractivity contribution in [2.45, 2.75) is 32.4 Å². The van der Waals surface area contributed by atoms with Gasteiger partial charge in [0.15, 0.2) is 0 Å². The highest BCUT2D eigenvalue weighted by Crippen LogP contribution is 2.15. The lowest BCUT2D eigenvalue weighted by Crippen LogP contribution is -2.44. The largest absolute Gasteiger partial charge is 0.369 e. The minimum atomic E-state index is 0.669.